The number of methoxy groups -OCH3 is 1. The number of anilines is 1. The molecule has 0 radical (unpaired) electrons. The highest BCUT2D eigenvalue weighted by Gasteiger charge is 2.15. The SMILES string of the molecule is COCCNCC(C)c1c(C)nc(N(C)C)nc1C. The quantitative estimate of drug-likeness (QED) is 0.758. The molecule has 1 heterocycles. The second-order valence-electron chi connectivity index (χ2n) is 5.10. The molecule has 0 spiro atoms. The summed E-state index contributed by atoms with van der Waals surface area (Å²) in [4.78, 5) is 11.1. The van der Waals surface area contributed by atoms with Gasteiger partial charge < -0.3 is 15.0 Å². The Morgan fingerprint density at radius 3 is 2.26 bits per heavy atom. The van der Waals surface area contributed by atoms with Crippen LogP contribution in [0.15, 0.2) is 0 Å². The van der Waals surface area contributed by atoms with Gasteiger partial charge >= 0.3 is 0 Å². The van der Waals surface area contributed by atoms with Gasteiger partial charge in [-0.05, 0) is 25.3 Å². The molecule has 5 nitrogen and oxygen atoms in total. The van der Waals surface area contributed by atoms with Crippen LogP contribution in [-0.2, 0) is 4.74 Å². The van der Waals surface area contributed by atoms with E-state index >= 15 is 0 Å². The van der Waals surface area contributed by atoms with Gasteiger partial charge in [0.15, 0.2) is 0 Å². The number of hydrogen-bond acceptors (Lipinski definition) is 5. The van der Waals surface area contributed by atoms with Gasteiger partial charge in [-0.1, -0.05) is 6.92 Å². The molecule has 0 aromatic carbocycles. The second kappa shape index (κ2) is 7.40. The molecule has 1 aromatic heterocycles. The van der Waals surface area contributed by atoms with Crippen LogP contribution in [-0.4, -0.2) is 50.9 Å². The monoisotopic (exact) mass is 266 g/mol. The fraction of sp³-hybridized carbons (Fsp3) is 0.714. The summed E-state index contributed by atoms with van der Waals surface area (Å²) in [5, 5.41) is 3.39. The van der Waals surface area contributed by atoms with Crippen molar-refractivity contribution >= 4 is 5.95 Å². The highest BCUT2D eigenvalue weighted by Crippen LogP contribution is 2.22. The van der Waals surface area contributed by atoms with Crippen molar-refractivity contribution in [1.29, 1.82) is 0 Å². The van der Waals surface area contributed by atoms with E-state index in [9.17, 15) is 0 Å². The van der Waals surface area contributed by atoms with Crippen LogP contribution >= 0.6 is 0 Å². The third-order valence-electron chi connectivity index (χ3n) is 3.14. The average molecular weight is 266 g/mol. The first-order valence-electron chi connectivity index (χ1n) is 6.69. The van der Waals surface area contributed by atoms with Gasteiger partial charge in [0.2, 0.25) is 5.95 Å². The molecule has 19 heavy (non-hydrogen) atoms. The van der Waals surface area contributed by atoms with Crippen LogP contribution in [0.4, 0.5) is 5.95 Å². The summed E-state index contributed by atoms with van der Waals surface area (Å²) in [7, 11) is 5.64. The van der Waals surface area contributed by atoms with E-state index < -0.39 is 0 Å². The third kappa shape index (κ3) is 4.44. The highest BCUT2D eigenvalue weighted by molar-refractivity contribution is 5.36. The zero-order chi connectivity index (χ0) is 14.4. The molecule has 1 unspecified atom stereocenters. The smallest absolute Gasteiger partial charge is 0.225 e. The predicted molar refractivity (Wildman–Crippen MR) is 79.0 cm³/mol. The van der Waals surface area contributed by atoms with E-state index in [2.05, 4.69) is 36.1 Å². The van der Waals surface area contributed by atoms with Crippen molar-refractivity contribution in [2.75, 3.05) is 45.8 Å². The Labute approximate surface area is 116 Å². The van der Waals surface area contributed by atoms with Crippen LogP contribution in [0.25, 0.3) is 0 Å². The van der Waals surface area contributed by atoms with Crippen molar-refractivity contribution in [3.63, 3.8) is 0 Å². The van der Waals surface area contributed by atoms with Crippen LogP contribution in [0.1, 0.15) is 29.8 Å². The molecule has 5 heteroatoms. The van der Waals surface area contributed by atoms with Crippen molar-refractivity contribution in [2.24, 2.45) is 0 Å². The topological polar surface area (TPSA) is 50.3 Å². The number of ether oxygens (including phenoxy) is 1. The Bertz CT molecular complexity index is 383. The molecule has 1 atom stereocenters. The number of rotatable bonds is 7. The van der Waals surface area contributed by atoms with Crippen molar-refractivity contribution < 1.29 is 4.74 Å². The summed E-state index contributed by atoms with van der Waals surface area (Å²) in [5.41, 5.74) is 3.38. The minimum atomic E-state index is 0.396. The summed E-state index contributed by atoms with van der Waals surface area (Å²) < 4.78 is 5.03. The molecule has 0 fully saturated rings. The maximum atomic E-state index is 5.03. The van der Waals surface area contributed by atoms with Crippen LogP contribution in [0.2, 0.25) is 0 Å². The van der Waals surface area contributed by atoms with Gasteiger partial charge in [-0.2, -0.15) is 0 Å². The number of aromatic nitrogens is 2. The Morgan fingerprint density at radius 2 is 1.79 bits per heavy atom. The third-order valence-corrected chi connectivity index (χ3v) is 3.14. The Balaban J connectivity index is 2.77. The first-order chi connectivity index (χ1) is 8.97. The Kier molecular flexibility index (Phi) is 6.18. The molecule has 0 bridgehead atoms. The molecular weight excluding hydrogens is 240 g/mol. The summed E-state index contributed by atoms with van der Waals surface area (Å²) in [5.74, 6) is 1.17. The van der Waals surface area contributed by atoms with Crippen LogP contribution < -0.4 is 10.2 Å². The normalized spacial score (nSPS) is 12.5. The highest BCUT2D eigenvalue weighted by atomic mass is 16.5. The molecule has 0 amide bonds. The Morgan fingerprint density at radius 1 is 1.21 bits per heavy atom. The van der Waals surface area contributed by atoms with E-state index in [1.165, 1.54) is 5.56 Å². The van der Waals surface area contributed by atoms with Gasteiger partial charge in [0.1, 0.15) is 0 Å². The molecule has 0 aliphatic carbocycles. The molecular formula is C14H26N4O. The summed E-state index contributed by atoms with van der Waals surface area (Å²) in [6, 6.07) is 0. The molecule has 108 valence electrons. The van der Waals surface area contributed by atoms with Gasteiger partial charge in [-0.15, -0.1) is 0 Å². The lowest BCUT2D eigenvalue weighted by atomic mass is 9.98. The summed E-state index contributed by atoms with van der Waals surface area (Å²) >= 11 is 0. The van der Waals surface area contributed by atoms with Gasteiger partial charge in [-0.3, -0.25) is 0 Å². The van der Waals surface area contributed by atoms with Crippen molar-refractivity contribution in [3.8, 4) is 0 Å². The minimum absolute atomic E-state index is 0.396. The molecule has 0 aliphatic rings. The van der Waals surface area contributed by atoms with Gasteiger partial charge in [-0.25, -0.2) is 9.97 Å². The zero-order valence-electron chi connectivity index (χ0n) is 12.9. The van der Waals surface area contributed by atoms with Crippen molar-refractivity contribution in [3.05, 3.63) is 17.0 Å². The zero-order valence-corrected chi connectivity index (χ0v) is 12.9. The molecule has 1 N–H and O–H groups in total. The van der Waals surface area contributed by atoms with Gasteiger partial charge in [0, 0.05) is 45.7 Å². The van der Waals surface area contributed by atoms with E-state index in [4.69, 9.17) is 4.74 Å². The average Bonchev–Trinajstić information content (AvgIpc) is 2.33. The van der Waals surface area contributed by atoms with E-state index in [0.29, 0.717) is 5.92 Å². The summed E-state index contributed by atoms with van der Waals surface area (Å²) in [6.07, 6.45) is 0. The van der Waals surface area contributed by atoms with Crippen molar-refractivity contribution in [2.45, 2.75) is 26.7 Å². The predicted octanol–water partition coefficient (Wildman–Crippen LogP) is 1.50. The molecule has 0 aliphatic heterocycles. The molecule has 0 saturated heterocycles. The van der Waals surface area contributed by atoms with E-state index in [0.717, 1.165) is 37.0 Å². The fourth-order valence-corrected chi connectivity index (χ4v) is 2.22. The number of hydrogen-bond donors (Lipinski definition) is 1. The maximum absolute atomic E-state index is 5.03. The Hall–Kier alpha value is -1.20. The lowest BCUT2D eigenvalue weighted by Crippen LogP contribution is -2.25. The fourth-order valence-electron chi connectivity index (χ4n) is 2.22. The number of aryl methyl sites for hydroxylation is 2. The lowest BCUT2D eigenvalue weighted by Gasteiger charge is -2.19. The molecule has 1 aromatic rings. The van der Waals surface area contributed by atoms with E-state index in [1.54, 1.807) is 7.11 Å². The first-order valence-corrected chi connectivity index (χ1v) is 6.69. The minimum Gasteiger partial charge on any atom is -0.383 e. The van der Waals surface area contributed by atoms with Crippen LogP contribution in [0.3, 0.4) is 0 Å². The van der Waals surface area contributed by atoms with Crippen molar-refractivity contribution in [1.82, 2.24) is 15.3 Å². The van der Waals surface area contributed by atoms with Gasteiger partial charge in [0.25, 0.3) is 0 Å². The number of nitrogens with zero attached hydrogens (tertiary/aromatic N) is 3. The largest absolute Gasteiger partial charge is 0.383 e. The first kappa shape index (κ1) is 15.9. The molecule has 0 saturated carbocycles. The van der Waals surface area contributed by atoms with E-state index in [1.807, 2.05) is 19.0 Å². The maximum Gasteiger partial charge on any atom is 0.225 e. The standard InChI is InChI=1S/C14H26N4O/c1-10(9-15-7-8-19-6)13-11(2)16-14(18(4)5)17-12(13)3/h10,15H,7-9H2,1-6H3. The molecule has 1 rings (SSSR count). The summed E-state index contributed by atoms with van der Waals surface area (Å²) in [6.45, 7) is 8.84. The second-order valence-corrected chi connectivity index (χ2v) is 5.10. The van der Waals surface area contributed by atoms with Crippen LogP contribution in [0, 0.1) is 13.8 Å². The lowest BCUT2D eigenvalue weighted by molar-refractivity contribution is 0.199. The van der Waals surface area contributed by atoms with E-state index in [-0.39, 0.29) is 0 Å². The van der Waals surface area contributed by atoms with Crippen LogP contribution in [0.5, 0.6) is 0 Å². The number of nitrogens with one attached hydrogen (secondary N) is 1. The van der Waals surface area contributed by atoms with Gasteiger partial charge in [0.05, 0.1) is 6.61 Å².